The summed E-state index contributed by atoms with van der Waals surface area (Å²) in [6.07, 6.45) is 6.24. The maximum atomic E-state index is 12.5. The van der Waals surface area contributed by atoms with E-state index in [1.807, 2.05) is 13.0 Å². The Labute approximate surface area is 125 Å². The van der Waals surface area contributed by atoms with Gasteiger partial charge in [-0.2, -0.15) is 8.78 Å². The summed E-state index contributed by atoms with van der Waals surface area (Å²) in [5.41, 5.74) is 0. The average molecular weight is 301 g/mol. The third kappa shape index (κ3) is 4.70. The number of alkyl halides is 2. The monoisotopic (exact) mass is 301 g/mol. The number of hydrogen-bond donors (Lipinski definition) is 0. The SMILES string of the molecule is CC1C=C(OC2CCN(C(C)C)CC2)C(OC(F)F)=CC1. The lowest BCUT2D eigenvalue weighted by Gasteiger charge is -2.35. The van der Waals surface area contributed by atoms with Crippen LogP contribution in [0.3, 0.4) is 0 Å². The smallest absolute Gasteiger partial charge is 0.387 e. The number of likely N-dealkylation sites (tertiary alicyclic amines) is 1. The number of nitrogens with zero attached hydrogens (tertiary/aromatic N) is 1. The summed E-state index contributed by atoms with van der Waals surface area (Å²) in [4.78, 5) is 2.41. The fourth-order valence-electron chi connectivity index (χ4n) is 2.79. The van der Waals surface area contributed by atoms with E-state index in [4.69, 9.17) is 4.74 Å². The van der Waals surface area contributed by atoms with Gasteiger partial charge in [0.1, 0.15) is 6.10 Å². The van der Waals surface area contributed by atoms with Crippen LogP contribution < -0.4 is 0 Å². The summed E-state index contributed by atoms with van der Waals surface area (Å²) in [6.45, 7) is 5.58. The van der Waals surface area contributed by atoms with Crippen molar-refractivity contribution in [3.8, 4) is 0 Å². The van der Waals surface area contributed by atoms with Crippen LogP contribution in [-0.2, 0) is 9.47 Å². The largest absolute Gasteiger partial charge is 0.487 e. The first kappa shape index (κ1) is 16.3. The van der Waals surface area contributed by atoms with E-state index in [0.717, 1.165) is 25.9 Å². The summed E-state index contributed by atoms with van der Waals surface area (Å²) in [5.74, 6) is 0.965. The standard InChI is InChI=1S/C16H25F2NO2/c1-11(2)19-8-6-13(7-9-19)20-15-10-12(3)4-5-14(15)21-16(17)18/h5,10-13,16H,4,6-9H2,1-3H3. The molecule has 2 aliphatic rings. The lowest BCUT2D eigenvalue weighted by molar-refractivity contribution is -0.102. The van der Waals surface area contributed by atoms with E-state index in [9.17, 15) is 8.78 Å². The molecule has 0 bridgehead atoms. The molecule has 0 N–H and O–H groups in total. The van der Waals surface area contributed by atoms with Crippen LogP contribution in [0.2, 0.25) is 0 Å². The van der Waals surface area contributed by atoms with Gasteiger partial charge in [0.15, 0.2) is 11.5 Å². The first-order valence-electron chi connectivity index (χ1n) is 7.73. The highest BCUT2D eigenvalue weighted by Crippen LogP contribution is 2.29. The topological polar surface area (TPSA) is 21.7 Å². The molecule has 0 aromatic heterocycles. The Morgan fingerprint density at radius 2 is 1.86 bits per heavy atom. The molecule has 0 saturated carbocycles. The zero-order valence-corrected chi connectivity index (χ0v) is 13.0. The number of halogens is 2. The van der Waals surface area contributed by atoms with Gasteiger partial charge in [-0.3, -0.25) is 0 Å². The van der Waals surface area contributed by atoms with Crippen molar-refractivity contribution in [2.45, 2.75) is 58.8 Å². The van der Waals surface area contributed by atoms with Crippen LogP contribution >= 0.6 is 0 Å². The molecular weight excluding hydrogens is 276 g/mol. The Kier molecular flexibility index (Phi) is 5.62. The normalized spacial score (nSPS) is 25.0. The third-order valence-electron chi connectivity index (χ3n) is 4.07. The molecule has 1 fully saturated rings. The highest BCUT2D eigenvalue weighted by molar-refractivity contribution is 5.25. The van der Waals surface area contributed by atoms with E-state index in [1.54, 1.807) is 6.08 Å². The molecule has 0 radical (unpaired) electrons. The van der Waals surface area contributed by atoms with Gasteiger partial charge in [-0.25, -0.2) is 0 Å². The molecule has 1 heterocycles. The van der Waals surface area contributed by atoms with Crippen molar-refractivity contribution >= 4 is 0 Å². The zero-order chi connectivity index (χ0) is 15.4. The fourth-order valence-corrected chi connectivity index (χ4v) is 2.79. The lowest BCUT2D eigenvalue weighted by Crippen LogP contribution is -2.41. The number of rotatable bonds is 5. The van der Waals surface area contributed by atoms with Crippen LogP contribution in [0, 0.1) is 5.92 Å². The second-order valence-corrected chi connectivity index (χ2v) is 6.14. The van der Waals surface area contributed by atoms with Crippen molar-refractivity contribution in [1.82, 2.24) is 4.90 Å². The Balaban J connectivity index is 1.92. The van der Waals surface area contributed by atoms with Crippen LogP contribution in [-0.4, -0.2) is 36.7 Å². The molecule has 1 atom stereocenters. The summed E-state index contributed by atoms with van der Waals surface area (Å²) in [5, 5.41) is 0. The Hall–Kier alpha value is -1.10. The van der Waals surface area contributed by atoms with E-state index in [-0.39, 0.29) is 11.9 Å². The van der Waals surface area contributed by atoms with Gasteiger partial charge in [0.25, 0.3) is 0 Å². The molecular formula is C16H25F2NO2. The first-order chi connectivity index (χ1) is 9.95. The maximum Gasteiger partial charge on any atom is 0.387 e. The minimum atomic E-state index is -2.81. The minimum absolute atomic E-state index is 0.0845. The van der Waals surface area contributed by atoms with Gasteiger partial charge in [0.05, 0.1) is 0 Å². The number of ether oxygens (including phenoxy) is 2. The van der Waals surface area contributed by atoms with Gasteiger partial charge in [0.2, 0.25) is 0 Å². The minimum Gasteiger partial charge on any atom is -0.487 e. The fraction of sp³-hybridized carbons (Fsp3) is 0.750. The molecule has 120 valence electrons. The summed E-state index contributed by atoms with van der Waals surface area (Å²) >= 11 is 0. The second kappa shape index (κ2) is 7.25. The van der Waals surface area contributed by atoms with Crippen LogP contribution in [0.25, 0.3) is 0 Å². The van der Waals surface area contributed by atoms with Gasteiger partial charge in [0, 0.05) is 19.1 Å². The summed E-state index contributed by atoms with van der Waals surface area (Å²) < 4.78 is 35.4. The molecule has 1 unspecified atom stereocenters. The molecule has 1 aliphatic heterocycles. The van der Waals surface area contributed by atoms with Crippen molar-refractivity contribution in [3.05, 3.63) is 23.7 Å². The Bertz CT molecular complexity index is 399. The lowest BCUT2D eigenvalue weighted by atomic mass is 10.0. The van der Waals surface area contributed by atoms with E-state index >= 15 is 0 Å². The molecule has 0 spiro atoms. The third-order valence-corrected chi connectivity index (χ3v) is 4.07. The van der Waals surface area contributed by atoms with Gasteiger partial charge in [-0.05, 0) is 51.2 Å². The van der Waals surface area contributed by atoms with Crippen molar-refractivity contribution in [3.63, 3.8) is 0 Å². The Morgan fingerprint density at radius 1 is 1.19 bits per heavy atom. The van der Waals surface area contributed by atoms with E-state index in [0.29, 0.717) is 24.1 Å². The predicted octanol–water partition coefficient (Wildman–Crippen LogP) is 3.92. The molecule has 5 heteroatoms. The van der Waals surface area contributed by atoms with Gasteiger partial charge in [-0.15, -0.1) is 0 Å². The predicted molar refractivity (Wildman–Crippen MR) is 77.9 cm³/mol. The second-order valence-electron chi connectivity index (χ2n) is 6.14. The highest BCUT2D eigenvalue weighted by Gasteiger charge is 2.26. The zero-order valence-electron chi connectivity index (χ0n) is 13.0. The van der Waals surface area contributed by atoms with Gasteiger partial charge >= 0.3 is 6.61 Å². The van der Waals surface area contributed by atoms with Crippen molar-refractivity contribution in [1.29, 1.82) is 0 Å². The molecule has 1 saturated heterocycles. The summed E-state index contributed by atoms with van der Waals surface area (Å²) in [6, 6.07) is 0.539. The van der Waals surface area contributed by atoms with Crippen molar-refractivity contribution in [2.75, 3.05) is 13.1 Å². The van der Waals surface area contributed by atoms with Crippen LogP contribution in [0.5, 0.6) is 0 Å². The maximum absolute atomic E-state index is 12.5. The Morgan fingerprint density at radius 3 is 2.43 bits per heavy atom. The van der Waals surface area contributed by atoms with Gasteiger partial charge < -0.3 is 14.4 Å². The number of allylic oxidation sites excluding steroid dienone is 2. The highest BCUT2D eigenvalue weighted by atomic mass is 19.3. The molecule has 3 nitrogen and oxygen atoms in total. The number of hydrogen-bond acceptors (Lipinski definition) is 3. The van der Waals surface area contributed by atoms with Crippen molar-refractivity contribution < 1.29 is 18.3 Å². The first-order valence-corrected chi connectivity index (χ1v) is 7.73. The molecule has 0 aromatic rings. The average Bonchev–Trinajstić information content (AvgIpc) is 2.42. The van der Waals surface area contributed by atoms with Gasteiger partial charge in [-0.1, -0.05) is 6.92 Å². The van der Waals surface area contributed by atoms with E-state index in [2.05, 4.69) is 23.5 Å². The van der Waals surface area contributed by atoms with Crippen LogP contribution in [0.4, 0.5) is 8.78 Å². The number of piperidine rings is 1. The molecule has 1 aliphatic carbocycles. The molecule has 2 rings (SSSR count). The summed E-state index contributed by atoms with van der Waals surface area (Å²) in [7, 11) is 0. The molecule has 21 heavy (non-hydrogen) atoms. The van der Waals surface area contributed by atoms with Crippen LogP contribution in [0.1, 0.15) is 40.0 Å². The molecule has 0 amide bonds. The van der Waals surface area contributed by atoms with E-state index < -0.39 is 6.61 Å². The van der Waals surface area contributed by atoms with E-state index in [1.165, 1.54) is 0 Å². The van der Waals surface area contributed by atoms with Crippen LogP contribution in [0.15, 0.2) is 23.7 Å². The quantitative estimate of drug-likeness (QED) is 0.768. The van der Waals surface area contributed by atoms with Crippen molar-refractivity contribution in [2.24, 2.45) is 5.92 Å². The molecule has 0 aromatic carbocycles.